The van der Waals surface area contributed by atoms with Crippen molar-refractivity contribution in [2.45, 2.75) is 39.5 Å². The van der Waals surface area contributed by atoms with E-state index in [4.69, 9.17) is 9.47 Å². The monoisotopic (exact) mass is 438 g/mol. The van der Waals surface area contributed by atoms with Crippen molar-refractivity contribution < 1.29 is 19.1 Å². The van der Waals surface area contributed by atoms with Crippen molar-refractivity contribution in [1.82, 2.24) is 10.6 Å². The molecule has 0 unspecified atom stereocenters. The molecule has 2 aliphatic heterocycles. The van der Waals surface area contributed by atoms with Gasteiger partial charge >= 0.3 is 11.9 Å². The Hall–Kier alpha value is -0.560. The Labute approximate surface area is 181 Å². The fourth-order valence-electron chi connectivity index (χ4n) is 4.45. The van der Waals surface area contributed by atoms with Crippen LogP contribution in [0.15, 0.2) is 0 Å². The van der Waals surface area contributed by atoms with Crippen LogP contribution in [0.3, 0.4) is 0 Å². The van der Waals surface area contributed by atoms with Crippen molar-refractivity contribution in [2.75, 3.05) is 39.4 Å². The highest BCUT2D eigenvalue weighted by Crippen LogP contribution is 2.43. The first-order valence-electron chi connectivity index (χ1n) is 10.4. The molecule has 0 amide bonds. The predicted molar refractivity (Wildman–Crippen MR) is 113 cm³/mol. The molecule has 0 aromatic carbocycles. The van der Waals surface area contributed by atoms with Gasteiger partial charge in [-0.05, 0) is 76.3 Å². The molecule has 8 heteroatoms. The second-order valence-electron chi connectivity index (χ2n) is 8.04. The smallest absolute Gasteiger partial charge is 0.310 e. The Morgan fingerprint density at radius 3 is 1.36 bits per heavy atom. The lowest BCUT2D eigenvalue weighted by Crippen LogP contribution is -2.26. The Balaban J connectivity index is 0.000000261. The summed E-state index contributed by atoms with van der Waals surface area (Å²) >= 11 is 0. The van der Waals surface area contributed by atoms with Crippen LogP contribution in [-0.2, 0) is 19.1 Å². The van der Waals surface area contributed by atoms with Crippen LogP contribution in [0.4, 0.5) is 0 Å². The summed E-state index contributed by atoms with van der Waals surface area (Å²) in [5, 5.41) is 6.56. The van der Waals surface area contributed by atoms with Crippen molar-refractivity contribution >= 4 is 36.8 Å². The first-order chi connectivity index (χ1) is 12.7. The van der Waals surface area contributed by atoms with Gasteiger partial charge in [-0.1, -0.05) is 0 Å². The topological polar surface area (TPSA) is 76.7 Å². The number of rotatable bonds is 6. The maximum atomic E-state index is 11.5. The molecule has 0 aromatic heterocycles. The molecule has 4 atom stereocenters. The minimum atomic E-state index is 0. The van der Waals surface area contributed by atoms with E-state index in [1.54, 1.807) is 0 Å². The summed E-state index contributed by atoms with van der Waals surface area (Å²) < 4.78 is 10.1. The zero-order chi connectivity index (χ0) is 18.5. The van der Waals surface area contributed by atoms with E-state index in [9.17, 15) is 9.59 Å². The van der Waals surface area contributed by atoms with Gasteiger partial charge in [0.15, 0.2) is 0 Å². The summed E-state index contributed by atoms with van der Waals surface area (Å²) in [5.41, 5.74) is 0. The average Bonchev–Trinajstić information content (AvgIpc) is 3.56. The van der Waals surface area contributed by atoms with Crippen LogP contribution in [0.5, 0.6) is 0 Å². The summed E-state index contributed by atoms with van der Waals surface area (Å²) in [6.45, 7) is 8.40. The third kappa shape index (κ3) is 6.75. The maximum absolute atomic E-state index is 11.5. The van der Waals surface area contributed by atoms with Crippen LogP contribution in [0.25, 0.3) is 0 Å². The summed E-state index contributed by atoms with van der Waals surface area (Å²) in [4.78, 5) is 23.1. The molecule has 0 aromatic rings. The highest BCUT2D eigenvalue weighted by atomic mass is 35.5. The van der Waals surface area contributed by atoms with Gasteiger partial charge in [0.1, 0.15) is 0 Å². The van der Waals surface area contributed by atoms with E-state index in [1.807, 2.05) is 13.8 Å². The molecule has 6 nitrogen and oxygen atoms in total. The normalized spacial score (nSPS) is 30.9. The van der Waals surface area contributed by atoms with Gasteiger partial charge in [-0.2, -0.15) is 0 Å². The third-order valence-electron chi connectivity index (χ3n) is 6.16. The van der Waals surface area contributed by atoms with Crippen molar-refractivity contribution in [3.05, 3.63) is 0 Å². The van der Waals surface area contributed by atoms with Crippen LogP contribution in [0.1, 0.15) is 39.5 Å². The molecule has 2 N–H and O–H groups in total. The van der Waals surface area contributed by atoms with Gasteiger partial charge in [0.2, 0.25) is 0 Å². The number of halogens is 2. The molecule has 164 valence electrons. The molecule has 2 aliphatic carbocycles. The molecular weight excluding hydrogens is 403 g/mol. The average molecular weight is 439 g/mol. The van der Waals surface area contributed by atoms with Gasteiger partial charge < -0.3 is 20.1 Å². The van der Waals surface area contributed by atoms with Crippen molar-refractivity contribution in [3.8, 4) is 0 Å². The number of esters is 2. The van der Waals surface area contributed by atoms with E-state index in [0.717, 1.165) is 38.0 Å². The summed E-state index contributed by atoms with van der Waals surface area (Å²) in [6.07, 6.45) is 5.23. The van der Waals surface area contributed by atoms with Crippen molar-refractivity contribution in [2.24, 2.45) is 35.5 Å². The lowest BCUT2D eigenvalue weighted by atomic mass is 9.92. The zero-order valence-electron chi connectivity index (χ0n) is 17.0. The van der Waals surface area contributed by atoms with Crippen LogP contribution >= 0.6 is 24.8 Å². The van der Waals surface area contributed by atoms with E-state index in [1.165, 1.54) is 25.7 Å². The van der Waals surface area contributed by atoms with E-state index in [2.05, 4.69) is 10.6 Å². The van der Waals surface area contributed by atoms with Gasteiger partial charge in [-0.3, -0.25) is 9.59 Å². The Morgan fingerprint density at radius 1 is 0.714 bits per heavy atom. The van der Waals surface area contributed by atoms with E-state index >= 15 is 0 Å². The highest BCUT2D eigenvalue weighted by molar-refractivity contribution is 5.85. The fraction of sp³-hybridized carbons (Fsp3) is 0.900. The minimum absolute atomic E-state index is 0. The Morgan fingerprint density at radius 2 is 1.07 bits per heavy atom. The van der Waals surface area contributed by atoms with Crippen LogP contribution in [0, 0.1) is 35.5 Å². The lowest BCUT2D eigenvalue weighted by molar-refractivity contribution is -0.149. The second-order valence-corrected chi connectivity index (χ2v) is 8.04. The van der Waals surface area contributed by atoms with Gasteiger partial charge in [0, 0.05) is 13.1 Å². The van der Waals surface area contributed by atoms with Crippen LogP contribution < -0.4 is 10.6 Å². The fourth-order valence-corrected chi connectivity index (χ4v) is 4.45. The molecule has 4 aliphatic rings. The molecule has 2 heterocycles. The van der Waals surface area contributed by atoms with Gasteiger partial charge in [-0.15, -0.1) is 24.8 Å². The van der Waals surface area contributed by atoms with E-state index < -0.39 is 0 Å². The molecule has 28 heavy (non-hydrogen) atoms. The van der Waals surface area contributed by atoms with E-state index in [-0.39, 0.29) is 48.6 Å². The highest BCUT2D eigenvalue weighted by Gasteiger charge is 2.44. The third-order valence-corrected chi connectivity index (χ3v) is 6.16. The number of hydrogen-bond donors (Lipinski definition) is 2. The Bertz CT molecular complexity index is 457. The standard InChI is InChI=1S/2C10H17NO2.2ClH/c2*1-2-13-10(12)9-6-11-5-8(9)7-3-4-7;;/h2*7-9,11H,2-6H2,1H3;2*1H/t2*8-,9+;;/m10../s1. The molecule has 4 rings (SSSR count). The number of nitrogens with one attached hydrogen (secondary N) is 2. The number of hydrogen-bond acceptors (Lipinski definition) is 6. The second kappa shape index (κ2) is 12.2. The summed E-state index contributed by atoms with van der Waals surface area (Å²) in [6, 6.07) is 0. The lowest BCUT2D eigenvalue weighted by Gasteiger charge is -2.15. The maximum Gasteiger partial charge on any atom is 0.310 e. The van der Waals surface area contributed by atoms with Gasteiger partial charge in [-0.25, -0.2) is 0 Å². The largest absolute Gasteiger partial charge is 0.466 e. The van der Waals surface area contributed by atoms with Gasteiger partial charge in [0.25, 0.3) is 0 Å². The first kappa shape index (κ1) is 25.5. The quantitative estimate of drug-likeness (QED) is 0.620. The Kier molecular flexibility index (Phi) is 11.1. The summed E-state index contributed by atoms with van der Waals surface area (Å²) in [5.74, 6) is 2.97. The predicted octanol–water partition coefficient (Wildman–Crippen LogP) is 2.43. The van der Waals surface area contributed by atoms with Crippen LogP contribution in [0.2, 0.25) is 0 Å². The molecule has 4 fully saturated rings. The number of carbonyl (C=O) groups excluding carboxylic acids is 2. The van der Waals surface area contributed by atoms with Crippen LogP contribution in [-0.4, -0.2) is 51.3 Å². The van der Waals surface area contributed by atoms with Crippen molar-refractivity contribution in [1.29, 1.82) is 0 Å². The number of ether oxygens (including phenoxy) is 2. The minimum Gasteiger partial charge on any atom is -0.466 e. The SMILES string of the molecule is CCOC(=O)[C@@H]1CNC[C@H]1C1CC1.CCOC(=O)[C@H]1CNC[C@@H]1C1CC1.Cl.Cl. The molecular formula is C20H36Cl2N2O4. The zero-order valence-corrected chi connectivity index (χ0v) is 18.6. The van der Waals surface area contributed by atoms with E-state index in [0.29, 0.717) is 25.0 Å². The molecule has 2 saturated heterocycles. The number of carbonyl (C=O) groups is 2. The molecule has 2 saturated carbocycles. The summed E-state index contributed by atoms with van der Waals surface area (Å²) in [7, 11) is 0. The first-order valence-corrected chi connectivity index (χ1v) is 10.4. The molecule has 0 bridgehead atoms. The van der Waals surface area contributed by atoms with Gasteiger partial charge in [0.05, 0.1) is 25.0 Å². The molecule has 0 spiro atoms. The molecule has 0 radical (unpaired) electrons. The van der Waals surface area contributed by atoms with Crippen molar-refractivity contribution in [3.63, 3.8) is 0 Å².